The van der Waals surface area contributed by atoms with Gasteiger partial charge < -0.3 is 4.57 Å². The maximum atomic E-state index is 13.6. The summed E-state index contributed by atoms with van der Waals surface area (Å²) in [5.74, 6) is -1.54. The summed E-state index contributed by atoms with van der Waals surface area (Å²) in [6, 6.07) is -0.518. The zero-order valence-electron chi connectivity index (χ0n) is 20.0. The lowest BCUT2D eigenvalue weighted by Crippen LogP contribution is -2.54. The molecule has 0 aromatic carbocycles. The van der Waals surface area contributed by atoms with Crippen molar-refractivity contribution >= 4 is 27.7 Å². The van der Waals surface area contributed by atoms with Gasteiger partial charge in [0.15, 0.2) is 0 Å². The first-order chi connectivity index (χ1) is 17.2. The van der Waals surface area contributed by atoms with E-state index >= 15 is 0 Å². The number of aryl methyl sites for hydroxylation is 2. The number of imidazole rings is 1. The molecule has 3 aliphatic rings. The number of hydrogen-bond donors (Lipinski definition) is 1. The van der Waals surface area contributed by atoms with Crippen LogP contribution in [-0.4, -0.2) is 67.1 Å². The number of imide groups is 1. The Morgan fingerprint density at radius 3 is 2.67 bits per heavy atom. The molecule has 2 aromatic heterocycles. The van der Waals surface area contributed by atoms with E-state index in [1.807, 2.05) is 11.5 Å². The highest BCUT2D eigenvalue weighted by molar-refractivity contribution is 7.93. The van der Waals surface area contributed by atoms with Crippen molar-refractivity contribution in [1.29, 1.82) is 0 Å². The Hall–Kier alpha value is -3.45. The Balaban J connectivity index is 1.54. The van der Waals surface area contributed by atoms with Crippen LogP contribution < -0.4 is 4.72 Å². The van der Waals surface area contributed by atoms with Gasteiger partial charge in [-0.05, 0) is 38.0 Å². The van der Waals surface area contributed by atoms with Crippen LogP contribution in [0.3, 0.4) is 0 Å². The number of carbonyl (C=O) groups excluding carboxylic acids is 2. The van der Waals surface area contributed by atoms with Crippen molar-refractivity contribution in [2.45, 2.75) is 44.9 Å². The molecule has 5 rings (SSSR count). The lowest BCUT2D eigenvalue weighted by molar-refractivity contribution is -0.457. The lowest BCUT2D eigenvalue weighted by Gasteiger charge is -2.28. The number of sulfonamides is 1. The minimum Gasteiger partial charge on any atom is -0.332 e. The van der Waals surface area contributed by atoms with Gasteiger partial charge in [-0.1, -0.05) is 0 Å². The fraction of sp³-hybridized carbons (Fsp3) is 0.435. The largest absolute Gasteiger partial charge is 0.501 e. The first-order valence-electron chi connectivity index (χ1n) is 11.6. The molecule has 2 aliphatic carbocycles. The minimum atomic E-state index is -4.06. The molecular formula is C23H27FN7O4S+. The predicted octanol–water partition coefficient (Wildman–Crippen LogP) is 1.24. The number of urea groups is 1. The number of allylic oxidation sites excluding steroid dienone is 2. The van der Waals surface area contributed by atoms with Crippen LogP contribution in [0.1, 0.15) is 31.0 Å². The number of hydrogen-bond acceptors (Lipinski definition) is 6. The second kappa shape index (κ2) is 8.89. The number of amides is 3. The van der Waals surface area contributed by atoms with Crippen molar-refractivity contribution in [3.05, 3.63) is 59.3 Å². The Morgan fingerprint density at radius 2 is 2.03 bits per heavy atom. The maximum absolute atomic E-state index is 13.6. The molecule has 0 saturated heterocycles. The second-order valence-corrected chi connectivity index (χ2v) is 11.0. The average molecular weight is 517 g/mol. The molecule has 1 fully saturated rings. The Kier molecular flexibility index (Phi) is 5.99. The summed E-state index contributed by atoms with van der Waals surface area (Å²) in [5.41, 5.74) is 0.733. The summed E-state index contributed by atoms with van der Waals surface area (Å²) in [6.45, 7) is 1.94. The lowest BCUT2D eigenvalue weighted by atomic mass is 9.94. The molecule has 3 heterocycles. The Bertz CT molecular complexity index is 1430. The Morgan fingerprint density at radius 1 is 1.25 bits per heavy atom. The van der Waals surface area contributed by atoms with Crippen LogP contribution in [0.25, 0.3) is 0 Å². The summed E-state index contributed by atoms with van der Waals surface area (Å²) in [7, 11) is -2.33. The number of rotatable bonds is 9. The molecule has 0 bridgehead atoms. The fourth-order valence-electron chi connectivity index (χ4n) is 4.45. The van der Waals surface area contributed by atoms with Crippen molar-refractivity contribution in [2.75, 3.05) is 6.67 Å². The average Bonchev–Trinajstić information content (AvgIpc) is 3.26. The Labute approximate surface area is 207 Å². The second-order valence-electron chi connectivity index (χ2n) is 9.31. The molecule has 11 nitrogen and oxygen atoms in total. The standard InChI is InChI=1S/C23H27FN7O4S/c1-3-29-15-25-10-17(29)13-30-20-5-4-18(36(34,35)27-23(14-24)6-7-23)8-19(20)21(32)31(22(30)33)12-16-9-26-28(2)11-16/h4-5,8-11,15,19,27H,3,6-7,12-14H2,1-2H3/q+1. The van der Waals surface area contributed by atoms with Crippen LogP contribution >= 0.6 is 0 Å². The van der Waals surface area contributed by atoms with Gasteiger partial charge in [0.05, 0.1) is 34.9 Å². The number of alkyl halides is 1. The summed E-state index contributed by atoms with van der Waals surface area (Å²) in [4.78, 5) is 32.2. The highest BCUT2D eigenvalue weighted by Gasteiger charge is 2.50. The van der Waals surface area contributed by atoms with Crippen LogP contribution in [0.15, 0.2) is 48.1 Å². The molecule has 1 aliphatic heterocycles. The summed E-state index contributed by atoms with van der Waals surface area (Å²) in [6.07, 6.45) is 11.6. The monoisotopic (exact) mass is 516 g/mol. The van der Waals surface area contributed by atoms with E-state index < -0.39 is 40.1 Å². The smallest absolute Gasteiger partial charge is 0.332 e. The zero-order valence-corrected chi connectivity index (χ0v) is 20.8. The van der Waals surface area contributed by atoms with Gasteiger partial charge in [-0.3, -0.25) is 4.68 Å². The van der Waals surface area contributed by atoms with Gasteiger partial charge in [0.2, 0.25) is 10.0 Å². The molecule has 3 amide bonds. The van der Waals surface area contributed by atoms with Gasteiger partial charge >= 0.3 is 11.9 Å². The van der Waals surface area contributed by atoms with Gasteiger partial charge in [-0.2, -0.15) is 19.4 Å². The van der Waals surface area contributed by atoms with E-state index in [1.165, 1.54) is 22.8 Å². The summed E-state index contributed by atoms with van der Waals surface area (Å²) < 4.78 is 46.8. The highest BCUT2D eigenvalue weighted by atomic mass is 32.2. The van der Waals surface area contributed by atoms with Crippen molar-refractivity contribution in [2.24, 2.45) is 13.0 Å². The van der Waals surface area contributed by atoms with Gasteiger partial charge in [-0.15, -0.1) is 0 Å². The molecular weight excluding hydrogens is 489 g/mol. The number of fused-ring (bicyclic) bond motifs is 1. The highest BCUT2D eigenvalue weighted by Crippen LogP contribution is 2.38. The third-order valence-corrected chi connectivity index (χ3v) is 8.30. The van der Waals surface area contributed by atoms with Gasteiger partial charge in [0.1, 0.15) is 31.4 Å². The van der Waals surface area contributed by atoms with Crippen LogP contribution in [0.2, 0.25) is 0 Å². The van der Waals surface area contributed by atoms with Crippen molar-refractivity contribution in [1.82, 2.24) is 29.0 Å². The van der Waals surface area contributed by atoms with E-state index in [1.54, 1.807) is 36.6 Å². The molecule has 1 saturated carbocycles. The number of nitrogens with zero attached hydrogens (tertiary/aromatic N) is 6. The molecule has 190 valence electrons. The third-order valence-electron chi connectivity index (χ3n) is 6.70. The molecule has 2 aromatic rings. The van der Waals surface area contributed by atoms with Crippen LogP contribution in [0, 0.1) is 5.92 Å². The van der Waals surface area contributed by atoms with Crippen molar-refractivity contribution in [3.8, 4) is 0 Å². The summed E-state index contributed by atoms with van der Waals surface area (Å²) in [5, 5.41) is 4.10. The number of halogens is 1. The number of nitrogens with one attached hydrogen (secondary N) is 1. The molecule has 13 heteroatoms. The molecule has 1 atom stereocenters. The quantitative estimate of drug-likeness (QED) is 0.501. The third kappa shape index (κ3) is 4.32. The van der Waals surface area contributed by atoms with E-state index in [9.17, 15) is 22.4 Å². The number of carbonyl (C=O) groups is 2. The van der Waals surface area contributed by atoms with Gasteiger partial charge in [0, 0.05) is 25.4 Å². The van der Waals surface area contributed by atoms with Crippen molar-refractivity contribution < 1.29 is 27.0 Å². The molecule has 0 radical (unpaired) electrons. The minimum absolute atomic E-state index is 0.0122. The van der Waals surface area contributed by atoms with Gasteiger partial charge in [-0.25, -0.2) is 27.3 Å². The summed E-state index contributed by atoms with van der Waals surface area (Å²) >= 11 is 0. The van der Waals surface area contributed by atoms with E-state index in [-0.39, 0.29) is 18.0 Å². The fourth-order valence-corrected chi connectivity index (χ4v) is 5.96. The number of aromatic nitrogens is 4. The zero-order chi connectivity index (χ0) is 25.7. The van der Waals surface area contributed by atoms with E-state index in [0.717, 1.165) is 10.6 Å². The predicted molar refractivity (Wildman–Crippen MR) is 127 cm³/mol. The van der Waals surface area contributed by atoms with Crippen molar-refractivity contribution in [3.63, 3.8) is 0 Å². The maximum Gasteiger partial charge on any atom is 0.501 e. The normalized spacial score (nSPS) is 21.1. The molecule has 0 spiro atoms. The molecule has 36 heavy (non-hydrogen) atoms. The SMILES string of the molecule is CCn1cncc1C[N+]1=C2C=CC(S(=O)(=O)NC3(CF)CC3)=CC2C(=O)N(Cc2cnn(C)c2)C1=O. The van der Waals surface area contributed by atoms with Gasteiger partial charge in [0.25, 0.3) is 0 Å². The van der Waals surface area contributed by atoms with Crippen LogP contribution in [-0.2, 0) is 41.5 Å². The van der Waals surface area contributed by atoms with Crippen LogP contribution in [0.5, 0.6) is 0 Å². The topological polar surface area (TPSA) is 122 Å². The molecule has 1 unspecified atom stereocenters. The molecule has 1 N–H and O–H groups in total. The van der Waals surface area contributed by atoms with E-state index in [0.29, 0.717) is 30.7 Å². The van der Waals surface area contributed by atoms with Crippen LogP contribution in [0.4, 0.5) is 9.18 Å². The van der Waals surface area contributed by atoms with E-state index in [2.05, 4.69) is 14.8 Å². The first-order valence-corrected chi connectivity index (χ1v) is 13.1. The van der Waals surface area contributed by atoms with E-state index in [4.69, 9.17) is 0 Å². The first kappa shape index (κ1) is 24.3.